The van der Waals surface area contributed by atoms with Gasteiger partial charge in [0.2, 0.25) is 0 Å². The molecule has 1 N–H and O–H groups in total. The molecule has 0 spiro atoms. The first-order valence-corrected chi connectivity index (χ1v) is 7.94. The van der Waals surface area contributed by atoms with E-state index in [2.05, 4.69) is 5.32 Å². The molecule has 0 saturated carbocycles. The lowest BCUT2D eigenvalue weighted by atomic mass is 10.1. The number of halogens is 4. The quantitative estimate of drug-likeness (QED) is 0.776. The second-order valence-electron chi connectivity index (χ2n) is 5.50. The van der Waals surface area contributed by atoms with Gasteiger partial charge in [0, 0.05) is 5.02 Å². The summed E-state index contributed by atoms with van der Waals surface area (Å²) >= 11 is 5.88. The van der Waals surface area contributed by atoms with Crippen molar-refractivity contribution in [1.82, 2.24) is 5.32 Å². The zero-order valence-electron chi connectivity index (χ0n) is 13.6. The van der Waals surface area contributed by atoms with Crippen LogP contribution in [-0.4, -0.2) is 18.5 Å². The first-order valence-electron chi connectivity index (χ1n) is 7.56. The van der Waals surface area contributed by atoms with Gasteiger partial charge in [-0.15, -0.1) is 0 Å². The summed E-state index contributed by atoms with van der Waals surface area (Å²) in [6, 6.07) is 10.3. The van der Waals surface area contributed by atoms with Crippen LogP contribution in [-0.2, 0) is 15.7 Å². The molecule has 0 aliphatic carbocycles. The van der Waals surface area contributed by atoms with Gasteiger partial charge in [-0.05, 0) is 42.8 Å². The summed E-state index contributed by atoms with van der Waals surface area (Å²) in [4.78, 5) is 23.7. The van der Waals surface area contributed by atoms with Gasteiger partial charge in [-0.2, -0.15) is 13.2 Å². The lowest BCUT2D eigenvalue weighted by molar-refractivity contribution is -0.137. The van der Waals surface area contributed by atoms with Gasteiger partial charge < -0.3 is 10.1 Å². The van der Waals surface area contributed by atoms with Crippen LogP contribution in [0.3, 0.4) is 0 Å². The normalized spacial score (nSPS) is 12.3. The average Bonchev–Trinajstić information content (AvgIpc) is 2.59. The molecule has 0 aromatic heterocycles. The molecule has 0 heterocycles. The van der Waals surface area contributed by atoms with Gasteiger partial charge in [0.15, 0.2) is 6.61 Å². The number of alkyl halides is 3. The standard InChI is InChI=1S/C18H15ClF3NO3/c1-11(12-4-3-7-15(19)9-12)23-16(24)10-26-17(25)13-5-2-6-14(8-13)18(20,21)22/h2-9,11H,10H2,1H3,(H,23,24)/t11-/m0/s1. The highest BCUT2D eigenvalue weighted by atomic mass is 35.5. The number of nitrogens with one attached hydrogen (secondary N) is 1. The maximum absolute atomic E-state index is 12.7. The van der Waals surface area contributed by atoms with Crippen LogP contribution < -0.4 is 5.32 Å². The van der Waals surface area contributed by atoms with E-state index in [0.29, 0.717) is 11.1 Å². The Labute approximate surface area is 152 Å². The number of hydrogen-bond donors (Lipinski definition) is 1. The van der Waals surface area contributed by atoms with Crippen molar-refractivity contribution in [2.75, 3.05) is 6.61 Å². The third-order valence-corrected chi connectivity index (χ3v) is 3.72. The van der Waals surface area contributed by atoms with Gasteiger partial charge in [-0.1, -0.05) is 29.8 Å². The molecule has 1 amide bonds. The van der Waals surface area contributed by atoms with Crippen molar-refractivity contribution in [3.63, 3.8) is 0 Å². The number of benzene rings is 2. The van der Waals surface area contributed by atoms with Crippen molar-refractivity contribution in [2.24, 2.45) is 0 Å². The molecule has 26 heavy (non-hydrogen) atoms. The zero-order valence-corrected chi connectivity index (χ0v) is 14.4. The lowest BCUT2D eigenvalue weighted by Gasteiger charge is -2.15. The molecule has 1 atom stereocenters. The number of carbonyl (C=O) groups excluding carboxylic acids is 2. The number of esters is 1. The van der Waals surface area contributed by atoms with Crippen LogP contribution >= 0.6 is 11.6 Å². The van der Waals surface area contributed by atoms with Gasteiger partial charge in [0.1, 0.15) is 0 Å². The minimum Gasteiger partial charge on any atom is -0.452 e. The van der Waals surface area contributed by atoms with Crippen molar-refractivity contribution < 1.29 is 27.5 Å². The molecule has 2 aromatic rings. The molecule has 0 saturated heterocycles. The molecule has 8 heteroatoms. The van der Waals surface area contributed by atoms with Crippen molar-refractivity contribution >= 4 is 23.5 Å². The summed E-state index contributed by atoms with van der Waals surface area (Å²) in [5.74, 6) is -1.60. The predicted octanol–water partition coefficient (Wildman–Crippen LogP) is 4.39. The second kappa shape index (κ2) is 8.23. The molecule has 0 aliphatic rings. The highest BCUT2D eigenvalue weighted by Crippen LogP contribution is 2.29. The monoisotopic (exact) mass is 385 g/mol. The van der Waals surface area contributed by atoms with Crippen LogP contribution in [0.4, 0.5) is 13.2 Å². The Morgan fingerprint density at radius 2 is 1.85 bits per heavy atom. The van der Waals surface area contributed by atoms with Crippen LogP contribution in [0, 0.1) is 0 Å². The van der Waals surface area contributed by atoms with E-state index in [9.17, 15) is 22.8 Å². The van der Waals surface area contributed by atoms with Crippen molar-refractivity contribution in [2.45, 2.75) is 19.1 Å². The Hall–Kier alpha value is -2.54. The summed E-state index contributed by atoms with van der Waals surface area (Å²) in [7, 11) is 0. The van der Waals surface area contributed by atoms with Crippen molar-refractivity contribution in [3.05, 3.63) is 70.2 Å². The summed E-state index contributed by atoms with van der Waals surface area (Å²) in [5, 5.41) is 3.12. The molecule has 2 rings (SSSR count). The Kier molecular flexibility index (Phi) is 6.26. The van der Waals surface area contributed by atoms with Gasteiger partial charge >= 0.3 is 12.1 Å². The van der Waals surface area contributed by atoms with Gasteiger partial charge in [0.05, 0.1) is 17.2 Å². The minimum absolute atomic E-state index is 0.282. The first kappa shape index (κ1) is 19.8. The number of rotatable bonds is 5. The van der Waals surface area contributed by atoms with Crippen LogP contribution in [0.1, 0.15) is 34.5 Å². The minimum atomic E-state index is -4.57. The van der Waals surface area contributed by atoms with Crippen LogP contribution in [0.15, 0.2) is 48.5 Å². The van der Waals surface area contributed by atoms with E-state index in [0.717, 1.165) is 17.7 Å². The molecule has 0 fully saturated rings. The Bertz CT molecular complexity index is 808. The Morgan fingerprint density at radius 3 is 2.50 bits per heavy atom. The predicted molar refractivity (Wildman–Crippen MR) is 89.7 cm³/mol. The van der Waals surface area contributed by atoms with E-state index in [-0.39, 0.29) is 11.6 Å². The smallest absolute Gasteiger partial charge is 0.416 e. The fourth-order valence-electron chi connectivity index (χ4n) is 2.18. The molecule has 138 valence electrons. The summed E-state index contributed by atoms with van der Waals surface area (Å²) < 4.78 is 42.7. The molecule has 2 aromatic carbocycles. The summed E-state index contributed by atoms with van der Waals surface area (Å²) in [6.45, 7) is 1.11. The van der Waals surface area contributed by atoms with Crippen LogP contribution in [0.5, 0.6) is 0 Å². The number of carbonyl (C=O) groups is 2. The summed E-state index contributed by atoms with van der Waals surface area (Å²) in [5.41, 5.74) is -0.489. The zero-order chi connectivity index (χ0) is 19.3. The molecule has 0 radical (unpaired) electrons. The van der Waals surface area contributed by atoms with E-state index in [4.69, 9.17) is 16.3 Å². The number of amides is 1. The van der Waals surface area contributed by atoms with Gasteiger partial charge in [0.25, 0.3) is 5.91 Å². The van der Waals surface area contributed by atoms with Crippen molar-refractivity contribution in [1.29, 1.82) is 0 Å². The molecule has 0 bridgehead atoms. The third kappa shape index (κ3) is 5.49. The Morgan fingerprint density at radius 1 is 1.15 bits per heavy atom. The van der Waals surface area contributed by atoms with E-state index in [1.807, 2.05) is 0 Å². The Balaban J connectivity index is 1.92. The van der Waals surface area contributed by atoms with Gasteiger partial charge in [-0.25, -0.2) is 4.79 Å². The number of hydrogen-bond acceptors (Lipinski definition) is 3. The molecule has 0 unspecified atom stereocenters. The highest BCUT2D eigenvalue weighted by molar-refractivity contribution is 6.30. The van der Waals surface area contributed by atoms with Crippen molar-refractivity contribution in [3.8, 4) is 0 Å². The van der Waals surface area contributed by atoms with Crippen LogP contribution in [0.25, 0.3) is 0 Å². The molecular formula is C18H15ClF3NO3. The molecule has 0 aliphatic heterocycles. The largest absolute Gasteiger partial charge is 0.452 e. The first-order chi connectivity index (χ1) is 12.2. The third-order valence-electron chi connectivity index (χ3n) is 3.49. The van der Waals surface area contributed by atoms with E-state index < -0.39 is 30.2 Å². The maximum atomic E-state index is 12.7. The fraction of sp³-hybridized carbons (Fsp3) is 0.222. The highest BCUT2D eigenvalue weighted by Gasteiger charge is 2.31. The van der Waals surface area contributed by atoms with E-state index in [1.54, 1.807) is 31.2 Å². The van der Waals surface area contributed by atoms with Crippen LogP contribution in [0.2, 0.25) is 5.02 Å². The second-order valence-corrected chi connectivity index (χ2v) is 5.94. The van der Waals surface area contributed by atoms with E-state index >= 15 is 0 Å². The number of ether oxygens (including phenoxy) is 1. The SMILES string of the molecule is C[C@H](NC(=O)COC(=O)c1cccc(C(F)(F)F)c1)c1cccc(Cl)c1. The summed E-state index contributed by atoms with van der Waals surface area (Å²) in [6.07, 6.45) is -4.57. The fourth-order valence-corrected chi connectivity index (χ4v) is 2.38. The topological polar surface area (TPSA) is 55.4 Å². The van der Waals surface area contributed by atoms with E-state index in [1.165, 1.54) is 6.07 Å². The van der Waals surface area contributed by atoms with Gasteiger partial charge in [-0.3, -0.25) is 4.79 Å². The molecular weight excluding hydrogens is 371 g/mol. The maximum Gasteiger partial charge on any atom is 0.416 e. The lowest BCUT2D eigenvalue weighted by Crippen LogP contribution is -2.31. The molecule has 4 nitrogen and oxygen atoms in total. The average molecular weight is 386 g/mol.